The Hall–Kier alpha value is -1.85. The number of halogens is 8. The van der Waals surface area contributed by atoms with Crippen molar-refractivity contribution in [3.05, 3.63) is 23.8 Å². The molecule has 1 aromatic carbocycles. The third-order valence-corrected chi connectivity index (χ3v) is 3.47. The molecule has 0 aliphatic rings. The van der Waals surface area contributed by atoms with E-state index in [-0.39, 0.29) is 12.1 Å². The van der Waals surface area contributed by atoms with Gasteiger partial charge in [-0.15, -0.1) is 0 Å². The number of nitrogens with one attached hydrogen (secondary N) is 1. The van der Waals surface area contributed by atoms with Crippen LogP contribution in [0.3, 0.4) is 0 Å². The van der Waals surface area contributed by atoms with Gasteiger partial charge >= 0.3 is 22.3 Å². The lowest BCUT2D eigenvalue weighted by Crippen LogP contribution is -2.30. The summed E-state index contributed by atoms with van der Waals surface area (Å²) < 4.78 is 99.3. The fourth-order valence-corrected chi connectivity index (χ4v) is 2.03. The number of amides is 1. The highest BCUT2D eigenvalue weighted by Gasteiger charge is 2.65. The lowest BCUT2D eigenvalue weighted by Gasteiger charge is -2.40. The number of carbonyl (C=O) groups is 2. The first-order valence-electron chi connectivity index (χ1n) is 5.19. The standard InChI is InChI=1S/C10H7F8NO2S/c1-5(20)7-3-2-6(22(14,15,16,17)18)4-8(7)19-9(21)10(11,12)13/h2-4H,1H3,(H,19,21). The van der Waals surface area contributed by atoms with Crippen LogP contribution in [0.4, 0.5) is 38.3 Å². The van der Waals surface area contributed by atoms with Crippen molar-refractivity contribution >= 4 is 27.6 Å². The van der Waals surface area contributed by atoms with E-state index in [9.17, 15) is 42.2 Å². The summed E-state index contributed by atoms with van der Waals surface area (Å²) in [5, 5.41) is 0.980. The van der Waals surface area contributed by atoms with Gasteiger partial charge in [0.1, 0.15) is 4.90 Å². The van der Waals surface area contributed by atoms with Crippen LogP contribution in [0, 0.1) is 0 Å². The molecule has 0 radical (unpaired) electrons. The second kappa shape index (κ2) is 4.33. The second-order valence-electron chi connectivity index (χ2n) is 4.18. The maximum Gasteiger partial charge on any atom is 0.471 e. The minimum absolute atomic E-state index is 0.137. The first-order chi connectivity index (χ1) is 9.41. The van der Waals surface area contributed by atoms with E-state index in [1.54, 1.807) is 0 Å². The molecule has 0 fully saturated rings. The summed E-state index contributed by atoms with van der Waals surface area (Å²) in [6.45, 7) is 0.776. The molecule has 1 rings (SSSR count). The predicted molar refractivity (Wildman–Crippen MR) is 62.5 cm³/mol. The Bertz CT molecular complexity index is 649. The van der Waals surface area contributed by atoms with E-state index in [1.165, 1.54) is 0 Å². The number of hydrogen-bond acceptors (Lipinski definition) is 2. The van der Waals surface area contributed by atoms with Gasteiger partial charge in [0.2, 0.25) is 0 Å². The molecule has 3 nitrogen and oxygen atoms in total. The van der Waals surface area contributed by atoms with E-state index in [0.717, 1.165) is 12.2 Å². The van der Waals surface area contributed by atoms with Crippen molar-refractivity contribution in [2.75, 3.05) is 5.32 Å². The van der Waals surface area contributed by atoms with Gasteiger partial charge in [0.15, 0.2) is 5.78 Å². The molecule has 0 bridgehead atoms. The highest BCUT2D eigenvalue weighted by atomic mass is 32.5. The van der Waals surface area contributed by atoms with Gasteiger partial charge in [-0.1, -0.05) is 19.4 Å². The predicted octanol–water partition coefficient (Wildman–Crippen LogP) is 5.05. The quantitative estimate of drug-likeness (QED) is 0.608. The van der Waals surface area contributed by atoms with Gasteiger partial charge < -0.3 is 5.32 Å². The smallest absolute Gasteiger partial charge is 0.318 e. The average Bonchev–Trinajstić information content (AvgIpc) is 2.24. The Balaban J connectivity index is 3.48. The Morgan fingerprint density at radius 3 is 1.91 bits per heavy atom. The van der Waals surface area contributed by atoms with Crippen molar-refractivity contribution in [3.8, 4) is 0 Å². The van der Waals surface area contributed by atoms with Gasteiger partial charge in [0, 0.05) is 5.56 Å². The van der Waals surface area contributed by atoms with Crippen LogP contribution in [0.5, 0.6) is 0 Å². The van der Waals surface area contributed by atoms with Crippen LogP contribution in [0.25, 0.3) is 0 Å². The van der Waals surface area contributed by atoms with Crippen LogP contribution < -0.4 is 5.32 Å². The molecule has 0 spiro atoms. The minimum atomic E-state index is -10.2. The third kappa shape index (κ3) is 4.32. The monoisotopic (exact) mass is 357 g/mol. The van der Waals surface area contributed by atoms with Crippen molar-refractivity contribution in [3.63, 3.8) is 0 Å². The normalized spacial score (nSPS) is 15.7. The largest absolute Gasteiger partial charge is 0.471 e. The molecule has 126 valence electrons. The lowest BCUT2D eigenvalue weighted by molar-refractivity contribution is -0.167. The lowest BCUT2D eigenvalue weighted by atomic mass is 10.1. The number of Topliss-reactive ketones (excluding diaryl/α,β-unsaturated/α-hetero) is 1. The maximum absolute atomic E-state index is 12.6. The van der Waals surface area contributed by atoms with Gasteiger partial charge in [-0.25, -0.2) is 0 Å². The molecule has 0 saturated heterocycles. The Labute approximate surface area is 118 Å². The maximum atomic E-state index is 12.6. The Morgan fingerprint density at radius 2 is 1.55 bits per heavy atom. The zero-order valence-corrected chi connectivity index (χ0v) is 11.3. The van der Waals surface area contributed by atoms with Gasteiger partial charge in [0.05, 0.1) is 5.69 Å². The molecular weight excluding hydrogens is 350 g/mol. The van der Waals surface area contributed by atoms with Crippen molar-refractivity contribution in [2.24, 2.45) is 0 Å². The third-order valence-electron chi connectivity index (χ3n) is 2.32. The summed E-state index contributed by atoms with van der Waals surface area (Å²) in [6, 6.07) is -0.273. The van der Waals surface area contributed by atoms with Gasteiger partial charge in [-0.05, 0) is 25.1 Å². The van der Waals surface area contributed by atoms with Crippen LogP contribution >= 0.6 is 10.2 Å². The molecule has 0 aliphatic carbocycles. The van der Waals surface area contributed by atoms with E-state index in [2.05, 4.69) is 0 Å². The zero-order chi connectivity index (χ0) is 17.6. The minimum Gasteiger partial charge on any atom is -0.318 e. The highest BCUT2D eigenvalue weighted by molar-refractivity contribution is 8.45. The number of carbonyl (C=O) groups excluding carboxylic acids is 2. The first kappa shape index (κ1) is 18.2. The Morgan fingerprint density at radius 1 is 1.05 bits per heavy atom. The van der Waals surface area contributed by atoms with E-state index >= 15 is 0 Å². The fourth-order valence-electron chi connectivity index (χ4n) is 1.37. The average molecular weight is 357 g/mol. The van der Waals surface area contributed by atoms with Crippen molar-refractivity contribution in [2.45, 2.75) is 18.0 Å². The van der Waals surface area contributed by atoms with Crippen molar-refractivity contribution < 1.29 is 42.2 Å². The molecule has 1 aromatic rings. The summed E-state index contributed by atoms with van der Waals surface area (Å²) in [5.41, 5.74) is -2.08. The summed E-state index contributed by atoms with van der Waals surface area (Å²) in [7, 11) is -10.2. The van der Waals surface area contributed by atoms with Gasteiger partial charge in [-0.3, -0.25) is 9.59 Å². The number of hydrogen-bond donors (Lipinski definition) is 1. The summed E-state index contributed by atoms with van der Waals surface area (Å²) in [4.78, 5) is 19.3. The van der Waals surface area contributed by atoms with Crippen LogP contribution in [0.2, 0.25) is 0 Å². The second-order valence-corrected chi connectivity index (χ2v) is 6.59. The topological polar surface area (TPSA) is 46.2 Å². The first-order valence-corrected chi connectivity index (χ1v) is 7.14. The number of alkyl halides is 3. The molecule has 0 atom stereocenters. The summed E-state index contributed by atoms with van der Waals surface area (Å²) in [6.07, 6.45) is -5.47. The number of ketones is 1. The molecule has 0 saturated carbocycles. The molecule has 0 heterocycles. The molecular formula is C10H7F8NO2S. The molecule has 0 unspecified atom stereocenters. The zero-order valence-electron chi connectivity index (χ0n) is 10.5. The van der Waals surface area contributed by atoms with Crippen LogP contribution in [-0.4, -0.2) is 17.9 Å². The molecule has 0 aromatic heterocycles. The molecule has 0 aliphatic heterocycles. The van der Waals surface area contributed by atoms with Crippen LogP contribution in [0.1, 0.15) is 17.3 Å². The molecule has 12 heteroatoms. The van der Waals surface area contributed by atoms with Crippen molar-refractivity contribution in [1.82, 2.24) is 0 Å². The van der Waals surface area contributed by atoms with E-state index in [0.29, 0.717) is 0 Å². The molecule has 1 amide bonds. The van der Waals surface area contributed by atoms with E-state index in [4.69, 9.17) is 0 Å². The fraction of sp³-hybridized carbons (Fsp3) is 0.200. The van der Waals surface area contributed by atoms with E-state index in [1.807, 2.05) is 0 Å². The van der Waals surface area contributed by atoms with Crippen LogP contribution in [-0.2, 0) is 4.79 Å². The summed E-state index contributed by atoms with van der Waals surface area (Å²) >= 11 is 0. The Kier molecular flexibility index (Phi) is 3.59. The number of rotatable bonds is 3. The number of anilines is 1. The highest BCUT2D eigenvalue weighted by Crippen LogP contribution is 3.02. The van der Waals surface area contributed by atoms with Crippen LogP contribution in [0.15, 0.2) is 23.1 Å². The van der Waals surface area contributed by atoms with Crippen molar-refractivity contribution in [1.29, 1.82) is 0 Å². The summed E-state index contributed by atoms with van der Waals surface area (Å²) in [5.74, 6) is -3.72. The molecule has 1 N–H and O–H groups in total. The van der Waals surface area contributed by atoms with E-state index < -0.39 is 50.3 Å². The van der Waals surface area contributed by atoms with Gasteiger partial charge in [-0.2, -0.15) is 13.2 Å². The SMILES string of the molecule is CC(=O)c1ccc(S(F)(F)(F)(F)F)cc1NC(=O)C(F)(F)F. The van der Waals surface area contributed by atoms with Gasteiger partial charge in [0.25, 0.3) is 0 Å². The number of benzene rings is 1. The molecule has 22 heavy (non-hydrogen) atoms.